The monoisotopic (exact) mass is 1060 g/mol. The summed E-state index contributed by atoms with van der Waals surface area (Å²) in [6.07, 6.45) is 0. The Balaban J connectivity index is 1.21. The van der Waals surface area contributed by atoms with E-state index in [1.165, 1.54) is 0 Å². The lowest BCUT2D eigenvalue weighted by Crippen LogP contribution is -2.09. The number of nitrogens with zero attached hydrogens (tertiary/aromatic N) is 4. The Morgan fingerprint density at radius 1 is 0.412 bits per heavy atom. The summed E-state index contributed by atoms with van der Waals surface area (Å²) in [4.78, 5) is 4.64. The van der Waals surface area contributed by atoms with E-state index in [-0.39, 0.29) is 23.2 Å². The summed E-state index contributed by atoms with van der Waals surface area (Å²) in [5.74, 6) is 0. The minimum absolute atomic E-state index is 0.0795. The lowest BCUT2D eigenvalue weighted by atomic mass is 9.88. The average molecular weight is 1060 g/mol. The molecular formula is C74H42N4S2. The molecule has 0 bridgehead atoms. The van der Waals surface area contributed by atoms with Crippen LogP contribution in [0.15, 0.2) is 255 Å². The van der Waals surface area contributed by atoms with Gasteiger partial charge in [-0.1, -0.05) is 218 Å². The molecule has 16 rings (SSSR count). The number of aromatic nitrogens is 2. The highest BCUT2D eigenvalue weighted by atomic mass is 32.1. The molecule has 0 N–H and O–H groups in total. The van der Waals surface area contributed by atoms with Gasteiger partial charge in [0.2, 0.25) is 5.69 Å². The quantitative estimate of drug-likeness (QED) is 0.147. The number of thiophene rings is 2. The Labute approximate surface area is 475 Å². The molecule has 0 aliphatic rings. The first-order valence-electron chi connectivity index (χ1n) is 28.8. The van der Waals surface area contributed by atoms with Crippen LogP contribution in [0.4, 0.5) is 5.69 Å². The number of rotatable bonds is 7. The summed E-state index contributed by atoms with van der Waals surface area (Å²) >= 11 is 3.28. The number of hydrogen-bond acceptors (Lipinski definition) is 3. The lowest BCUT2D eigenvalue weighted by Gasteiger charge is -2.26. The summed E-state index contributed by atoms with van der Waals surface area (Å²) in [5, 5.41) is 19.8. The van der Waals surface area contributed by atoms with Gasteiger partial charge < -0.3 is 9.13 Å². The fourth-order valence-corrected chi connectivity index (χ4v) is 15.0. The Hall–Kier alpha value is -10.3. The van der Waals surface area contributed by atoms with Crippen molar-refractivity contribution in [3.05, 3.63) is 272 Å². The zero-order valence-electron chi connectivity index (χ0n) is 47.5. The molecule has 0 spiro atoms. The Kier molecular flexibility index (Phi) is 9.26. The molecule has 0 aliphatic carbocycles. The maximum absolute atomic E-state index is 12.5. The van der Waals surface area contributed by atoms with Crippen molar-refractivity contribution in [3.8, 4) is 73.1 Å². The molecule has 0 atom stereocenters. The molecule has 0 unspecified atom stereocenters. The zero-order chi connectivity index (χ0) is 57.4. The molecule has 0 fully saturated rings. The Morgan fingerprint density at radius 2 is 0.925 bits per heavy atom. The van der Waals surface area contributed by atoms with E-state index in [1.807, 2.05) is 97.1 Å². The van der Waals surface area contributed by atoms with Crippen molar-refractivity contribution < 1.29 is 6.85 Å². The minimum atomic E-state index is -0.476. The summed E-state index contributed by atoms with van der Waals surface area (Å²) in [6, 6.07) is 77.3. The second-order valence-corrected chi connectivity index (χ2v) is 22.1. The highest BCUT2D eigenvalue weighted by Gasteiger charge is 2.34. The van der Waals surface area contributed by atoms with Crippen molar-refractivity contribution in [1.82, 2.24) is 9.13 Å². The summed E-state index contributed by atoms with van der Waals surface area (Å²) in [5.41, 5.74) is 12.1. The van der Waals surface area contributed by atoms with E-state index >= 15 is 0 Å². The number of para-hydroxylation sites is 1. The number of nitriles is 1. The van der Waals surface area contributed by atoms with E-state index < -0.39 is 18.1 Å². The SMILES string of the molecule is [2H]c1c([2H])c([2H])c(-c2cc3c4ccccc4sc3c3c2c2ccc4c5ccccc5sc4c2n3-c2c(C#N)c(-c3ccccc3)c([N+]#[C-])c(-n3c4ccccc4c4cc(-c5ccccc5)c(-c5ccccc5)cc43)c2-c2ccccc2)c([2H])c1[2H]. The molecule has 4 heterocycles. The highest BCUT2D eigenvalue weighted by Crippen LogP contribution is 2.56. The van der Waals surface area contributed by atoms with E-state index in [1.54, 1.807) is 22.7 Å². The van der Waals surface area contributed by atoms with Gasteiger partial charge in [-0.2, -0.15) is 5.26 Å². The number of hydrogen-bond donors (Lipinski definition) is 0. The molecule has 4 nitrogen and oxygen atoms in total. The standard InChI is InChI=1S/C74H42N4S2/c1-76-68-65(48-29-13-5-14-30-48)60(44-75)69(66(49-31-15-6-16-32-49)71(68)77-61-36-20-17-33-50(61)58-41-55(45-23-7-2-8-24-45)56(43-62(58)77)46-25-9-3-10-26-46)78-70-54(40-39-53-51-34-18-21-37-63(51)79-73(53)70)67-57(47-27-11-4-12-28-47)42-59-52-35-19-22-38-64(52)80-74(59)72(67)78/h2-43H/i4D,11D,12D,27D,28D. The first-order chi connectivity index (χ1) is 41.7. The molecule has 0 saturated carbocycles. The molecule has 80 heavy (non-hydrogen) atoms. The third-order valence-electron chi connectivity index (χ3n) is 15.8. The van der Waals surface area contributed by atoms with Gasteiger partial charge >= 0.3 is 0 Å². The van der Waals surface area contributed by atoms with Crippen molar-refractivity contribution in [2.24, 2.45) is 0 Å². The van der Waals surface area contributed by atoms with Crippen LogP contribution in [0.2, 0.25) is 0 Å². The molecular weight excluding hydrogens is 1010 g/mol. The van der Waals surface area contributed by atoms with Gasteiger partial charge in [-0.05, 0) is 80.9 Å². The number of fused-ring (bicyclic) bond motifs is 14. The second-order valence-electron chi connectivity index (χ2n) is 20.0. The summed E-state index contributed by atoms with van der Waals surface area (Å²) < 4.78 is 54.7. The molecule has 12 aromatic carbocycles. The first-order valence-corrected chi connectivity index (χ1v) is 28.0. The third-order valence-corrected chi connectivity index (χ3v) is 18.2. The van der Waals surface area contributed by atoms with Crippen LogP contribution in [-0.4, -0.2) is 9.13 Å². The Bertz CT molecular complexity index is 5590. The van der Waals surface area contributed by atoms with Crippen molar-refractivity contribution in [2.75, 3.05) is 0 Å². The number of benzene rings is 12. The van der Waals surface area contributed by atoms with Gasteiger partial charge in [-0.15, -0.1) is 22.7 Å². The molecule has 0 radical (unpaired) electrons. The fourth-order valence-electron chi connectivity index (χ4n) is 12.5. The van der Waals surface area contributed by atoms with Crippen LogP contribution in [0, 0.1) is 17.9 Å². The van der Waals surface area contributed by atoms with Gasteiger partial charge in [-0.25, -0.2) is 4.85 Å². The predicted molar refractivity (Wildman–Crippen MR) is 339 cm³/mol. The molecule has 0 saturated heterocycles. The molecule has 4 aromatic heterocycles. The van der Waals surface area contributed by atoms with E-state index in [0.29, 0.717) is 50.2 Å². The molecule has 6 heteroatoms. The predicted octanol–water partition coefficient (Wildman–Crippen LogP) is 21.4. The van der Waals surface area contributed by atoms with Crippen LogP contribution in [0.5, 0.6) is 0 Å². The van der Waals surface area contributed by atoms with Crippen molar-refractivity contribution >= 4 is 112 Å². The van der Waals surface area contributed by atoms with Crippen molar-refractivity contribution in [1.29, 1.82) is 5.26 Å². The zero-order valence-corrected chi connectivity index (χ0v) is 44.1. The van der Waals surface area contributed by atoms with E-state index in [0.717, 1.165) is 101 Å². The van der Waals surface area contributed by atoms with Gasteiger partial charge in [-0.3, -0.25) is 0 Å². The normalized spacial score (nSPS) is 12.6. The topological polar surface area (TPSA) is 38.0 Å². The minimum Gasteiger partial charge on any atom is -0.318 e. The maximum atomic E-state index is 12.5. The van der Waals surface area contributed by atoms with Crippen LogP contribution in [-0.2, 0) is 0 Å². The van der Waals surface area contributed by atoms with Crippen molar-refractivity contribution in [3.63, 3.8) is 0 Å². The van der Waals surface area contributed by atoms with Gasteiger partial charge in [0, 0.05) is 63.6 Å². The third kappa shape index (κ3) is 6.71. The van der Waals surface area contributed by atoms with Crippen LogP contribution >= 0.6 is 22.7 Å². The average Bonchev–Trinajstić information content (AvgIpc) is 1.78. The van der Waals surface area contributed by atoms with E-state index in [9.17, 15) is 14.6 Å². The van der Waals surface area contributed by atoms with Crippen LogP contribution in [0.25, 0.3) is 156 Å². The summed E-state index contributed by atoms with van der Waals surface area (Å²) in [6.45, 7) is 9.63. The van der Waals surface area contributed by atoms with Crippen LogP contribution < -0.4 is 0 Å². The van der Waals surface area contributed by atoms with Gasteiger partial charge in [0.25, 0.3) is 0 Å². The molecule has 0 amide bonds. The Morgan fingerprint density at radius 3 is 1.55 bits per heavy atom. The molecule has 370 valence electrons. The highest BCUT2D eigenvalue weighted by molar-refractivity contribution is 7.27. The van der Waals surface area contributed by atoms with Crippen LogP contribution in [0.3, 0.4) is 0 Å². The van der Waals surface area contributed by atoms with Crippen molar-refractivity contribution in [2.45, 2.75) is 0 Å². The van der Waals surface area contributed by atoms with Gasteiger partial charge in [0.05, 0.1) is 61.8 Å². The van der Waals surface area contributed by atoms with E-state index in [2.05, 4.69) is 147 Å². The molecule has 16 aromatic rings. The largest absolute Gasteiger partial charge is 0.318 e. The molecule has 0 aliphatic heterocycles. The van der Waals surface area contributed by atoms with Gasteiger partial charge in [0.1, 0.15) is 6.07 Å². The first kappa shape index (κ1) is 40.9. The summed E-state index contributed by atoms with van der Waals surface area (Å²) in [7, 11) is 0. The van der Waals surface area contributed by atoms with Gasteiger partial charge in [0.15, 0.2) is 0 Å². The van der Waals surface area contributed by atoms with Crippen LogP contribution in [0.1, 0.15) is 12.4 Å². The smallest absolute Gasteiger partial charge is 0.220 e. The second kappa shape index (κ2) is 18.1. The maximum Gasteiger partial charge on any atom is 0.220 e. The fraction of sp³-hybridized carbons (Fsp3) is 0. The lowest BCUT2D eigenvalue weighted by molar-refractivity contribution is 1.14. The van der Waals surface area contributed by atoms with E-state index in [4.69, 9.17) is 4.11 Å².